The molecular formula is C26H22O6. The topological polar surface area (TPSA) is 93.1 Å². The Morgan fingerprint density at radius 2 is 1.47 bits per heavy atom. The molecule has 6 heteroatoms. The molecule has 32 heavy (non-hydrogen) atoms. The second-order valence-electron chi connectivity index (χ2n) is 9.26. The van der Waals surface area contributed by atoms with Crippen molar-refractivity contribution in [3.63, 3.8) is 0 Å². The summed E-state index contributed by atoms with van der Waals surface area (Å²) in [4.78, 5) is 25.6. The summed E-state index contributed by atoms with van der Waals surface area (Å²) in [7, 11) is 0. The maximum absolute atomic E-state index is 13.0. The van der Waals surface area contributed by atoms with Crippen molar-refractivity contribution in [1.82, 2.24) is 0 Å². The van der Waals surface area contributed by atoms with Crippen LogP contribution < -0.4 is 4.74 Å². The van der Waals surface area contributed by atoms with E-state index in [1.54, 1.807) is 24.3 Å². The molecule has 2 aliphatic heterocycles. The lowest BCUT2D eigenvalue weighted by molar-refractivity contribution is -0.125. The third kappa shape index (κ3) is 2.87. The number of hydrogen-bond donors (Lipinski definition) is 2. The molecule has 3 aromatic carbocycles. The van der Waals surface area contributed by atoms with Gasteiger partial charge in [-0.05, 0) is 42.0 Å². The van der Waals surface area contributed by atoms with Crippen LogP contribution in [0.25, 0.3) is 0 Å². The quantitative estimate of drug-likeness (QED) is 0.566. The third-order valence-electron chi connectivity index (χ3n) is 6.04. The van der Waals surface area contributed by atoms with Crippen LogP contribution in [0.5, 0.6) is 23.0 Å². The first-order valence-electron chi connectivity index (χ1n) is 10.3. The number of rotatable bonds is 2. The van der Waals surface area contributed by atoms with Gasteiger partial charge in [0.15, 0.2) is 5.60 Å². The monoisotopic (exact) mass is 430 g/mol. The Bertz CT molecular complexity index is 1250. The molecule has 0 radical (unpaired) electrons. The van der Waals surface area contributed by atoms with Crippen LogP contribution in [-0.2, 0) is 21.6 Å². The molecule has 0 saturated carbocycles. The van der Waals surface area contributed by atoms with E-state index in [9.17, 15) is 19.8 Å². The minimum Gasteiger partial charge on any atom is -0.508 e. The van der Waals surface area contributed by atoms with Gasteiger partial charge in [-0.15, -0.1) is 0 Å². The fourth-order valence-corrected chi connectivity index (χ4v) is 4.31. The molecule has 1 spiro atoms. The van der Waals surface area contributed by atoms with Crippen molar-refractivity contribution in [1.29, 1.82) is 0 Å². The molecule has 2 N–H and O–H groups in total. The van der Waals surface area contributed by atoms with Crippen molar-refractivity contribution in [3.05, 3.63) is 82.4 Å². The summed E-state index contributed by atoms with van der Waals surface area (Å²) in [6, 6.07) is 14.5. The third-order valence-corrected chi connectivity index (χ3v) is 6.04. The summed E-state index contributed by atoms with van der Waals surface area (Å²) in [5.41, 5.74) is 1.07. The van der Waals surface area contributed by atoms with Crippen LogP contribution >= 0.6 is 0 Å². The van der Waals surface area contributed by atoms with Gasteiger partial charge < -0.3 is 19.7 Å². The zero-order valence-corrected chi connectivity index (χ0v) is 17.9. The molecule has 0 bridgehead atoms. The number of fused-ring (bicyclic) bond motifs is 6. The number of benzene rings is 3. The van der Waals surface area contributed by atoms with Gasteiger partial charge in [0.05, 0.1) is 5.56 Å². The lowest BCUT2D eigenvalue weighted by Gasteiger charge is -2.36. The molecule has 0 amide bonds. The van der Waals surface area contributed by atoms with Crippen molar-refractivity contribution >= 4 is 11.8 Å². The summed E-state index contributed by atoms with van der Waals surface area (Å²) in [5, 5.41) is 20.0. The highest BCUT2D eigenvalue weighted by Gasteiger charge is 2.53. The second-order valence-corrected chi connectivity index (χ2v) is 9.26. The number of carbonyl (C=O) groups excluding carboxylic acids is 2. The lowest BCUT2D eigenvalue weighted by atomic mass is 9.76. The van der Waals surface area contributed by atoms with E-state index in [-0.39, 0.29) is 23.7 Å². The Kier molecular flexibility index (Phi) is 4.15. The summed E-state index contributed by atoms with van der Waals surface area (Å²) in [6.07, 6.45) is 0.225. The Morgan fingerprint density at radius 3 is 2.03 bits per heavy atom. The SMILES string of the molecule is CC(C)(C)C(=O)Cc1ccc2c(c1)C1(OC2=O)c2ccc(O)cc2Oc2cc(O)ccc21. The smallest absolute Gasteiger partial charge is 0.340 e. The van der Waals surface area contributed by atoms with E-state index >= 15 is 0 Å². The number of ketones is 1. The van der Waals surface area contributed by atoms with E-state index < -0.39 is 17.0 Å². The van der Waals surface area contributed by atoms with Gasteiger partial charge >= 0.3 is 5.97 Å². The number of phenols is 2. The number of phenolic OH excluding ortho intramolecular Hbond substituents is 2. The summed E-state index contributed by atoms with van der Waals surface area (Å²) >= 11 is 0. The van der Waals surface area contributed by atoms with E-state index in [4.69, 9.17) is 9.47 Å². The average Bonchev–Trinajstić information content (AvgIpc) is 2.99. The predicted molar refractivity (Wildman–Crippen MR) is 116 cm³/mol. The molecule has 162 valence electrons. The van der Waals surface area contributed by atoms with Crippen LogP contribution in [-0.4, -0.2) is 22.0 Å². The van der Waals surface area contributed by atoms with Gasteiger partial charge in [-0.25, -0.2) is 4.79 Å². The Morgan fingerprint density at radius 1 is 0.875 bits per heavy atom. The van der Waals surface area contributed by atoms with Crippen LogP contribution in [0, 0.1) is 5.41 Å². The van der Waals surface area contributed by atoms with Gasteiger partial charge in [0, 0.05) is 40.7 Å². The zero-order chi connectivity index (χ0) is 22.8. The Labute approximate surface area is 185 Å². The van der Waals surface area contributed by atoms with Crippen molar-refractivity contribution in [2.75, 3.05) is 0 Å². The predicted octanol–water partition coefficient (Wildman–Crippen LogP) is 4.82. The van der Waals surface area contributed by atoms with Gasteiger partial charge in [-0.3, -0.25) is 4.79 Å². The molecule has 0 saturated heterocycles. The highest BCUT2D eigenvalue weighted by Crippen LogP contribution is 2.57. The van der Waals surface area contributed by atoms with Crippen LogP contribution in [0.1, 0.15) is 53.4 Å². The van der Waals surface area contributed by atoms with Gasteiger partial charge in [0.25, 0.3) is 0 Å². The lowest BCUT2D eigenvalue weighted by Crippen LogP contribution is -2.33. The summed E-state index contributed by atoms with van der Waals surface area (Å²) in [6.45, 7) is 5.63. The zero-order valence-electron chi connectivity index (χ0n) is 17.9. The van der Waals surface area contributed by atoms with Crippen LogP contribution in [0.2, 0.25) is 0 Å². The van der Waals surface area contributed by atoms with Gasteiger partial charge in [-0.1, -0.05) is 26.8 Å². The van der Waals surface area contributed by atoms with E-state index in [1.165, 1.54) is 24.3 Å². The number of esters is 1. The highest BCUT2D eigenvalue weighted by molar-refractivity contribution is 5.97. The molecule has 0 unspecified atom stereocenters. The summed E-state index contributed by atoms with van der Waals surface area (Å²) in [5.74, 6) is 0.223. The number of ether oxygens (including phenoxy) is 2. The number of Topliss-reactive ketones (excluding diaryl/α,β-unsaturated/α-hetero) is 1. The van der Waals surface area contributed by atoms with Crippen LogP contribution in [0.4, 0.5) is 0 Å². The van der Waals surface area contributed by atoms with Gasteiger partial charge in [0.1, 0.15) is 28.8 Å². The molecule has 3 aromatic rings. The van der Waals surface area contributed by atoms with E-state index in [2.05, 4.69) is 0 Å². The van der Waals surface area contributed by atoms with Crippen molar-refractivity contribution in [2.45, 2.75) is 32.8 Å². The van der Waals surface area contributed by atoms with E-state index in [0.29, 0.717) is 33.8 Å². The molecule has 0 atom stereocenters. The highest BCUT2D eigenvalue weighted by atomic mass is 16.6. The second kappa shape index (κ2) is 6.60. The fourth-order valence-electron chi connectivity index (χ4n) is 4.31. The minimum atomic E-state index is -1.32. The normalized spacial score (nSPS) is 15.4. The molecule has 2 aliphatic rings. The van der Waals surface area contributed by atoms with Crippen molar-refractivity contribution < 1.29 is 29.3 Å². The van der Waals surface area contributed by atoms with Gasteiger partial charge in [-0.2, -0.15) is 0 Å². The van der Waals surface area contributed by atoms with Crippen LogP contribution in [0.3, 0.4) is 0 Å². The molecule has 0 aromatic heterocycles. The van der Waals surface area contributed by atoms with Gasteiger partial charge in [0.2, 0.25) is 0 Å². The number of hydrogen-bond acceptors (Lipinski definition) is 6. The molecule has 5 rings (SSSR count). The number of carbonyl (C=O) groups is 2. The summed E-state index contributed by atoms with van der Waals surface area (Å²) < 4.78 is 12.0. The Hall–Kier alpha value is -3.80. The molecular weight excluding hydrogens is 408 g/mol. The first-order valence-corrected chi connectivity index (χ1v) is 10.3. The fraction of sp³-hybridized carbons (Fsp3) is 0.231. The molecule has 6 nitrogen and oxygen atoms in total. The standard InChI is InChI=1S/C26H22O6/c1-25(2,3)23(29)11-14-4-7-17-20(10-14)26(32-24(17)30)18-8-5-15(27)12-21(18)31-22-13-16(28)6-9-19(22)26/h4-10,12-13,27-28H,11H2,1-3H3. The minimum absolute atomic E-state index is 0.00317. The maximum Gasteiger partial charge on any atom is 0.340 e. The molecule has 0 fully saturated rings. The average molecular weight is 430 g/mol. The maximum atomic E-state index is 13.0. The van der Waals surface area contributed by atoms with Crippen LogP contribution in [0.15, 0.2) is 54.6 Å². The largest absolute Gasteiger partial charge is 0.508 e. The number of aromatic hydroxyl groups is 2. The van der Waals surface area contributed by atoms with Crippen molar-refractivity contribution in [3.8, 4) is 23.0 Å². The van der Waals surface area contributed by atoms with Crippen molar-refractivity contribution in [2.24, 2.45) is 5.41 Å². The molecule has 0 aliphatic carbocycles. The Balaban J connectivity index is 1.76. The first-order chi connectivity index (χ1) is 15.1. The van der Waals surface area contributed by atoms with E-state index in [0.717, 1.165) is 5.56 Å². The van der Waals surface area contributed by atoms with E-state index in [1.807, 2.05) is 26.8 Å². The molecule has 2 heterocycles. The first kappa shape index (κ1) is 20.1.